The summed E-state index contributed by atoms with van der Waals surface area (Å²) in [5, 5.41) is 2.35. The maximum atomic E-state index is 12.5. The molecular formula is C19H19N3O4. The van der Waals surface area contributed by atoms with Gasteiger partial charge in [-0.2, -0.15) is 0 Å². The van der Waals surface area contributed by atoms with Crippen molar-refractivity contribution in [3.8, 4) is 5.75 Å². The molecule has 7 heteroatoms. The second kappa shape index (κ2) is 7.26. The molecule has 2 aromatic carbocycles. The lowest BCUT2D eigenvalue weighted by Gasteiger charge is -2.24. The van der Waals surface area contributed by atoms with Gasteiger partial charge in [-0.3, -0.25) is 19.8 Å². The molecule has 1 unspecified atom stereocenters. The molecule has 0 aromatic heterocycles. The molecule has 0 aliphatic carbocycles. The third kappa shape index (κ3) is 3.37. The van der Waals surface area contributed by atoms with Crippen molar-refractivity contribution in [3.63, 3.8) is 0 Å². The summed E-state index contributed by atoms with van der Waals surface area (Å²) in [4.78, 5) is 37.3. The number of nitrogens with zero attached hydrogens (tertiary/aromatic N) is 1. The third-order valence-electron chi connectivity index (χ3n) is 4.24. The normalized spacial score (nSPS) is 16.5. The Kier molecular flexibility index (Phi) is 4.88. The van der Waals surface area contributed by atoms with Crippen LogP contribution >= 0.6 is 0 Å². The zero-order valence-electron chi connectivity index (χ0n) is 14.3. The molecule has 1 atom stereocenters. The maximum absolute atomic E-state index is 12.5. The van der Waals surface area contributed by atoms with E-state index < -0.39 is 23.9 Å². The lowest BCUT2D eigenvalue weighted by atomic mass is 9.99. The van der Waals surface area contributed by atoms with E-state index in [0.717, 1.165) is 5.56 Å². The van der Waals surface area contributed by atoms with E-state index in [1.54, 1.807) is 36.4 Å². The topological polar surface area (TPSA) is 102 Å². The molecule has 1 fully saturated rings. The smallest absolute Gasteiger partial charge is 0.329 e. The van der Waals surface area contributed by atoms with Crippen molar-refractivity contribution < 1.29 is 19.1 Å². The van der Waals surface area contributed by atoms with E-state index in [4.69, 9.17) is 10.5 Å². The van der Waals surface area contributed by atoms with Gasteiger partial charge in [-0.25, -0.2) is 4.79 Å². The van der Waals surface area contributed by atoms with Gasteiger partial charge < -0.3 is 10.5 Å². The van der Waals surface area contributed by atoms with Crippen LogP contribution in [-0.4, -0.2) is 25.0 Å². The van der Waals surface area contributed by atoms with Gasteiger partial charge in [0.25, 0.3) is 5.91 Å². The van der Waals surface area contributed by atoms with Gasteiger partial charge >= 0.3 is 6.03 Å². The van der Waals surface area contributed by atoms with Crippen molar-refractivity contribution in [2.24, 2.45) is 5.73 Å². The number of anilines is 1. The molecule has 1 heterocycles. The Labute approximate surface area is 150 Å². The van der Waals surface area contributed by atoms with Gasteiger partial charge in [-0.05, 0) is 36.2 Å². The van der Waals surface area contributed by atoms with Crippen LogP contribution in [0.3, 0.4) is 0 Å². The van der Waals surface area contributed by atoms with Crippen LogP contribution < -0.4 is 20.7 Å². The van der Waals surface area contributed by atoms with Gasteiger partial charge in [0, 0.05) is 17.7 Å². The standard InChI is InChI=1S/C19H19N3O4/c1-26-15-9-7-12(8-10-16(20)23)11-14(15)17-18(24)21-19(25)22(17)13-5-3-2-4-6-13/h2-7,9,11,17H,8,10H2,1H3,(H2,20,23)(H,21,24,25). The number of hydrogen-bond acceptors (Lipinski definition) is 4. The lowest BCUT2D eigenvalue weighted by molar-refractivity contribution is -0.120. The third-order valence-corrected chi connectivity index (χ3v) is 4.24. The fraction of sp³-hybridized carbons (Fsp3) is 0.211. The first-order chi connectivity index (χ1) is 12.5. The molecule has 0 saturated carbocycles. The minimum Gasteiger partial charge on any atom is -0.496 e. The van der Waals surface area contributed by atoms with Crippen molar-refractivity contribution >= 4 is 23.5 Å². The number of rotatable bonds is 6. The first-order valence-electron chi connectivity index (χ1n) is 8.15. The Balaban J connectivity index is 2.04. The summed E-state index contributed by atoms with van der Waals surface area (Å²) in [5.41, 5.74) is 7.21. The number of carbonyl (C=O) groups is 3. The first-order valence-corrected chi connectivity index (χ1v) is 8.15. The van der Waals surface area contributed by atoms with Crippen molar-refractivity contribution in [2.45, 2.75) is 18.9 Å². The fourth-order valence-electron chi connectivity index (χ4n) is 3.02. The number of aryl methyl sites for hydroxylation is 1. The van der Waals surface area contributed by atoms with Crippen LogP contribution in [0, 0.1) is 0 Å². The highest BCUT2D eigenvalue weighted by Crippen LogP contribution is 2.36. The molecule has 0 radical (unpaired) electrons. The van der Waals surface area contributed by atoms with Crippen molar-refractivity contribution in [1.82, 2.24) is 5.32 Å². The summed E-state index contributed by atoms with van der Waals surface area (Å²) < 4.78 is 5.40. The summed E-state index contributed by atoms with van der Waals surface area (Å²) in [7, 11) is 1.50. The van der Waals surface area contributed by atoms with Crippen molar-refractivity contribution in [3.05, 3.63) is 59.7 Å². The molecule has 1 saturated heterocycles. The van der Waals surface area contributed by atoms with Crippen LogP contribution in [0.15, 0.2) is 48.5 Å². The Morgan fingerprint density at radius 3 is 2.58 bits per heavy atom. The van der Waals surface area contributed by atoms with Gasteiger partial charge in [0.1, 0.15) is 11.8 Å². The number of amides is 4. The number of benzene rings is 2. The maximum Gasteiger partial charge on any atom is 0.329 e. The Hall–Kier alpha value is -3.35. The van der Waals surface area contributed by atoms with Crippen LogP contribution in [-0.2, 0) is 16.0 Å². The minimum absolute atomic E-state index is 0.198. The molecule has 1 aliphatic heterocycles. The van der Waals surface area contributed by atoms with Gasteiger partial charge in [-0.15, -0.1) is 0 Å². The molecule has 3 N–H and O–H groups in total. The molecule has 1 aliphatic rings. The zero-order chi connectivity index (χ0) is 18.7. The molecule has 3 rings (SSSR count). The predicted molar refractivity (Wildman–Crippen MR) is 95.7 cm³/mol. The number of primary amides is 1. The number of carbonyl (C=O) groups excluding carboxylic acids is 3. The first kappa shape index (κ1) is 17.5. The van der Waals surface area contributed by atoms with E-state index >= 15 is 0 Å². The van der Waals surface area contributed by atoms with Gasteiger partial charge in [0.15, 0.2) is 0 Å². The molecule has 134 valence electrons. The molecule has 2 aromatic rings. The highest BCUT2D eigenvalue weighted by Gasteiger charge is 2.42. The van der Waals surface area contributed by atoms with E-state index in [0.29, 0.717) is 23.4 Å². The molecule has 0 spiro atoms. The number of nitrogens with one attached hydrogen (secondary N) is 1. The molecular weight excluding hydrogens is 334 g/mol. The number of hydrogen-bond donors (Lipinski definition) is 2. The highest BCUT2D eigenvalue weighted by atomic mass is 16.5. The average molecular weight is 353 g/mol. The van der Waals surface area contributed by atoms with Crippen LogP contribution in [0.4, 0.5) is 10.5 Å². The molecule has 7 nitrogen and oxygen atoms in total. The molecule has 26 heavy (non-hydrogen) atoms. The lowest BCUT2D eigenvalue weighted by Crippen LogP contribution is -2.29. The van der Waals surface area contributed by atoms with Gasteiger partial charge in [-0.1, -0.05) is 24.3 Å². The van der Waals surface area contributed by atoms with Gasteiger partial charge in [0.2, 0.25) is 5.91 Å². The Morgan fingerprint density at radius 1 is 1.19 bits per heavy atom. The van der Waals surface area contributed by atoms with Crippen LogP contribution in [0.1, 0.15) is 23.6 Å². The SMILES string of the molecule is COc1ccc(CCC(N)=O)cc1C1C(=O)NC(=O)N1c1ccccc1. The summed E-state index contributed by atoms with van der Waals surface area (Å²) in [6.07, 6.45) is 0.643. The Bertz CT molecular complexity index is 851. The van der Waals surface area contributed by atoms with E-state index in [-0.39, 0.29) is 6.42 Å². The highest BCUT2D eigenvalue weighted by molar-refractivity contribution is 6.14. The van der Waals surface area contributed by atoms with E-state index in [9.17, 15) is 14.4 Å². The average Bonchev–Trinajstić information content (AvgIpc) is 2.94. The second-order valence-electron chi connectivity index (χ2n) is 5.95. The van der Waals surface area contributed by atoms with E-state index in [1.807, 2.05) is 12.1 Å². The van der Waals surface area contributed by atoms with Crippen molar-refractivity contribution in [2.75, 3.05) is 12.0 Å². The molecule has 0 bridgehead atoms. The summed E-state index contributed by atoms with van der Waals surface area (Å²) in [6, 6.07) is 12.9. The number of urea groups is 1. The number of methoxy groups -OCH3 is 1. The largest absolute Gasteiger partial charge is 0.496 e. The van der Waals surface area contributed by atoms with Crippen molar-refractivity contribution in [1.29, 1.82) is 0 Å². The van der Waals surface area contributed by atoms with E-state index in [2.05, 4.69) is 5.32 Å². The molecule has 4 amide bonds. The minimum atomic E-state index is -0.853. The van der Waals surface area contributed by atoms with Crippen LogP contribution in [0.2, 0.25) is 0 Å². The van der Waals surface area contributed by atoms with Gasteiger partial charge in [0.05, 0.1) is 7.11 Å². The summed E-state index contributed by atoms with van der Waals surface area (Å²) in [6.45, 7) is 0. The summed E-state index contributed by atoms with van der Waals surface area (Å²) >= 11 is 0. The number of para-hydroxylation sites is 1. The van der Waals surface area contributed by atoms with Crippen LogP contribution in [0.5, 0.6) is 5.75 Å². The quantitative estimate of drug-likeness (QED) is 0.775. The number of ether oxygens (including phenoxy) is 1. The predicted octanol–water partition coefficient (Wildman–Crippen LogP) is 1.91. The fourth-order valence-corrected chi connectivity index (χ4v) is 3.02. The Morgan fingerprint density at radius 2 is 1.92 bits per heavy atom. The van der Waals surface area contributed by atoms with Crippen LogP contribution in [0.25, 0.3) is 0 Å². The number of imide groups is 1. The second-order valence-corrected chi connectivity index (χ2v) is 5.95. The zero-order valence-corrected chi connectivity index (χ0v) is 14.3. The number of nitrogens with two attached hydrogens (primary N) is 1. The summed E-state index contributed by atoms with van der Waals surface area (Å²) in [5.74, 6) is -0.338. The monoisotopic (exact) mass is 353 g/mol. The van der Waals surface area contributed by atoms with E-state index in [1.165, 1.54) is 12.0 Å².